The van der Waals surface area contributed by atoms with Crippen molar-refractivity contribution in [2.24, 2.45) is 0 Å². The molecule has 24 heavy (non-hydrogen) atoms. The van der Waals surface area contributed by atoms with Gasteiger partial charge in [0.2, 0.25) is 5.95 Å². The highest BCUT2D eigenvalue weighted by atomic mass is 16.6. The molecule has 0 spiro atoms. The minimum Gasteiger partial charge on any atom is -0.486 e. The number of anilines is 2. The fourth-order valence-corrected chi connectivity index (χ4v) is 3.35. The van der Waals surface area contributed by atoms with Gasteiger partial charge in [0.15, 0.2) is 11.5 Å². The molecule has 2 heterocycles. The van der Waals surface area contributed by atoms with Gasteiger partial charge in [0.1, 0.15) is 19.0 Å². The average Bonchev–Trinajstić information content (AvgIpc) is 2.61. The Bertz CT molecular complexity index is 763. The SMILES string of the molecule is C[C@@H](Nc1nc(N)nc2c1CCCC2)c1ccc2c(c1)OCCO2. The Labute approximate surface area is 141 Å². The normalized spacial score (nSPS) is 17.0. The number of aromatic nitrogens is 2. The molecule has 0 bridgehead atoms. The van der Waals surface area contributed by atoms with Crippen LogP contribution < -0.4 is 20.5 Å². The van der Waals surface area contributed by atoms with Gasteiger partial charge in [-0.25, -0.2) is 4.98 Å². The Kier molecular flexibility index (Phi) is 3.88. The van der Waals surface area contributed by atoms with Gasteiger partial charge in [-0.15, -0.1) is 0 Å². The van der Waals surface area contributed by atoms with Crippen molar-refractivity contribution in [1.29, 1.82) is 0 Å². The quantitative estimate of drug-likeness (QED) is 0.902. The van der Waals surface area contributed by atoms with Crippen molar-refractivity contribution in [3.8, 4) is 11.5 Å². The monoisotopic (exact) mass is 326 g/mol. The van der Waals surface area contributed by atoms with E-state index in [4.69, 9.17) is 15.2 Å². The molecule has 1 atom stereocenters. The van der Waals surface area contributed by atoms with E-state index in [1.54, 1.807) is 0 Å². The van der Waals surface area contributed by atoms with Crippen LogP contribution in [0.3, 0.4) is 0 Å². The topological polar surface area (TPSA) is 82.3 Å². The van der Waals surface area contributed by atoms with Crippen molar-refractivity contribution in [2.45, 2.75) is 38.6 Å². The largest absolute Gasteiger partial charge is 0.486 e. The summed E-state index contributed by atoms with van der Waals surface area (Å²) in [6, 6.07) is 6.14. The maximum Gasteiger partial charge on any atom is 0.222 e. The van der Waals surface area contributed by atoms with E-state index in [0.717, 1.165) is 41.4 Å². The summed E-state index contributed by atoms with van der Waals surface area (Å²) in [6.07, 6.45) is 4.33. The predicted molar refractivity (Wildman–Crippen MR) is 92.6 cm³/mol. The fourth-order valence-electron chi connectivity index (χ4n) is 3.35. The molecule has 4 rings (SSSR count). The molecular weight excluding hydrogens is 304 g/mol. The Balaban J connectivity index is 1.60. The third-order valence-electron chi connectivity index (χ3n) is 4.62. The van der Waals surface area contributed by atoms with Crippen LogP contribution in [0, 0.1) is 0 Å². The molecule has 2 aromatic rings. The minimum absolute atomic E-state index is 0.0844. The van der Waals surface area contributed by atoms with E-state index in [1.165, 1.54) is 18.4 Å². The van der Waals surface area contributed by atoms with Gasteiger partial charge in [-0.05, 0) is 50.3 Å². The number of nitrogens with one attached hydrogen (secondary N) is 1. The van der Waals surface area contributed by atoms with Crippen molar-refractivity contribution < 1.29 is 9.47 Å². The number of ether oxygens (including phenoxy) is 2. The van der Waals surface area contributed by atoms with Crippen molar-refractivity contribution in [2.75, 3.05) is 24.3 Å². The molecule has 0 saturated heterocycles. The molecule has 0 amide bonds. The highest BCUT2D eigenvalue weighted by molar-refractivity contribution is 5.53. The van der Waals surface area contributed by atoms with Gasteiger partial charge < -0.3 is 20.5 Å². The molecule has 1 aromatic carbocycles. The third kappa shape index (κ3) is 2.84. The maximum absolute atomic E-state index is 5.89. The van der Waals surface area contributed by atoms with Crippen LogP contribution in [0.1, 0.15) is 42.6 Å². The number of rotatable bonds is 3. The van der Waals surface area contributed by atoms with Crippen LogP contribution in [-0.2, 0) is 12.8 Å². The Morgan fingerprint density at radius 3 is 2.75 bits per heavy atom. The van der Waals surface area contributed by atoms with Gasteiger partial charge in [0.05, 0.1) is 11.7 Å². The second kappa shape index (κ2) is 6.19. The third-order valence-corrected chi connectivity index (χ3v) is 4.62. The van der Waals surface area contributed by atoms with Crippen molar-refractivity contribution in [3.63, 3.8) is 0 Å². The summed E-state index contributed by atoms with van der Waals surface area (Å²) in [6.45, 7) is 3.31. The first-order valence-corrected chi connectivity index (χ1v) is 8.52. The highest BCUT2D eigenvalue weighted by Gasteiger charge is 2.20. The molecule has 0 fully saturated rings. The van der Waals surface area contributed by atoms with Crippen LogP contribution in [-0.4, -0.2) is 23.2 Å². The van der Waals surface area contributed by atoms with Gasteiger partial charge in [-0.1, -0.05) is 6.07 Å². The number of nitrogens with two attached hydrogens (primary N) is 1. The highest BCUT2D eigenvalue weighted by Crippen LogP contribution is 2.34. The summed E-state index contributed by atoms with van der Waals surface area (Å²) in [5, 5.41) is 3.51. The molecule has 0 radical (unpaired) electrons. The van der Waals surface area contributed by atoms with E-state index < -0.39 is 0 Å². The van der Waals surface area contributed by atoms with Crippen LogP contribution in [0.5, 0.6) is 11.5 Å². The van der Waals surface area contributed by atoms with Crippen molar-refractivity contribution >= 4 is 11.8 Å². The molecule has 126 valence electrons. The second-order valence-electron chi connectivity index (χ2n) is 6.33. The molecule has 2 aliphatic rings. The zero-order valence-corrected chi connectivity index (χ0v) is 13.8. The lowest BCUT2D eigenvalue weighted by Gasteiger charge is -2.23. The number of hydrogen-bond donors (Lipinski definition) is 2. The standard InChI is InChI=1S/C18H22N4O2/c1-11(12-6-7-15-16(10-12)24-9-8-23-15)20-17-13-4-2-3-5-14(13)21-18(19)22-17/h6-7,10-11H,2-5,8-9H2,1H3,(H3,19,20,21,22)/t11-/m1/s1. The number of nitrogens with zero attached hydrogens (tertiary/aromatic N) is 2. The predicted octanol–water partition coefficient (Wildman–Crippen LogP) is 2.88. The summed E-state index contributed by atoms with van der Waals surface area (Å²) < 4.78 is 11.3. The zero-order valence-electron chi connectivity index (χ0n) is 13.8. The van der Waals surface area contributed by atoms with Crippen molar-refractivity contribution in [3.05, 3.63) is 35.0 Å². The Hall–Kier alpha value is -2.50. The number of benzene rings is 1. The molecule has 3 N–H and O–H groups in total. The summed E-state index contributed by atoms with van der Waals surface area (Å²) in [5.74, 6) is 2.81. The number of aryl methyl sites for hydroxylation is 1. The summed E-state index contributed by atoms with van der Waals surface area (Å²) in [5.41, 5.74) is 9.31. The van der Waals surface area contributed by atoms with Gasteiger partial charge in [0, 0.05) is 5.56 Å². The van der Waals surface area contributed by atoms with Gasteiger partial charge in [-0.3, -0.25) is 0 Å². The molecule has 6 heteroatoms. The Morgan fingerprint density at radius 2 is 1.88 bits per heavy atom. The first-order chi connectivity index (χ1) is 11.7. The van der Waals surface area contributed by atoms with E-state index in [2.05, 4.69) is 28.3 Å². The van der Waals surface area contributed by atoms with Crippen LogP contribution in [0.25, 0.3) is 0 Å². The fraction of sp³-hybridized carbons (Fsp3) is 0.444. The van der Waals surface area contributed by atoms with E-state index in [1.807, 2.05) is 12.1 Å². The van der Waals surface area contributed by atoms with Crippen molar-refractivity contribution in [1.82, 2.24) is 9.97 Å². The smallest absolute Gasteiger partial charge is 0.222 e. The average molecular weight is 326 g/mol. The lowest BCUT2D eigenvalue weighted by molar-refractivity contribution is 0.171. The first kappa shape index (κ1) is 15.1. The van der Waals surface area contributed by atoms with Crippen LogP contribution in [0.4, 0.5) is 11.8 Å². The molecule has 0 saturated carbocycles. The lowest BCUT2D eigenvalue weighted by atomic mass is 9.96. The maximum atomic E-state index is 5.89. The van der Waals surface area contributed by atoms with E-state index in [9.17, 15) is 0 Å². The molecule has 0 unspecified atom stereocenters. The molecule has 1 aliphatic heterocycles. The van der Waals surface area contributed by atoms with Crippen LogP contribution in [0.2, 0.25) is 0 Å². The minimum atomic E-state index is 0.0844. The first-order valence-electron chi connectivity index (χ1n) is 8.52. The van der Waals surface area contributed by atoms with Gasteiger partial charge in [0.25, 0.3) is 0 Å². The Morgan fingerprint density at radius 1 is 1.08 bits per heavy atom. The summed E-state index contributed by atoms with van der Waals surface area (Å²) in [7, 11) is 0. The summed E-state index contributed by atoms with van der Waals surface area (Å²) >= 11 is 0. The van der Waals surface area contributed by atoms with E-state index in [0.29, 0.717) is 19.2 Å². The molecule has 6 nitrogen and oxygen atoms in total. The van der Waals surface area contributed by atoms with Gasteiger partial charge >= 0.3 is 0 Å². The molecule has 1 aromatic heterocycles. The van der Waals surface area contributed by atoms with Crippen LogP contribution in [0.15, 0.2) is 18.2 Å². The molecular formula is C18H22N4O2. The molecule has 1 aliphatic carbocycles. The summed E-state index contributed by atoms with van der Waals surface area (Å²) in [4.78, 5) is 8.84. The number of fused-ring (bicyclic) bond motifs is 2. The number of hydrogen-bond acceptors (Lipinski definition) is 6. The van der Waals surface area contributed by atoms with E-state index >= 15 is 0 Å². The van der Waals surface area contributed by atoms with E-state index in [-0.39, 0.29) is 6.04 Å². The lowest BCUT2D eigenvalue weighted by Crippen LogP contribution is -2.18. The zero-order chi connectivity index (χ0) is 16.5. The second-order valence-corrected chi connectivity index (χ2v) is 6.33. The van der Waals surface area contributed by atoms with Gasteiger partial charge in [-0.2, -0.15) is 4.98 Å². The number of nitrogen functional groups attached to an aromatic ring is 1. The van der Waals surface area contributed by atoms with Crippen LogP contribution >= 0.6 is 0 Å².